The maximum Gasteiger partial charge on any atom is 0.221 e. The van der Waals surface area contributed by atoms with E-state index >= 15 is 0 Å². The number of carbonyl (C=O) groups excluding carboxylic acids is 2. The molecule has 1 amide bonds. The number of amides is 1. The van der Waals surface area contributed by atoms with Crippen LogP contribution >= 0.6 is 0 Å². The maximum absolute atomic E-state index is 12.3. The minimum Gasteiger partial charge on any atom is -0.399 e. The average Bonchev–Trinajstić information content (AvgIpc) is 2.62. The number of rotatable bonds is 1. The lowest BCUT2D eigenvalue weighted by atomic mass is 10.1. The molecule has 0 heterocycles. The van der Waals surface area contributed by atoms with Gasteiger partial charge in [-0.1, -0.05) is 12.1 Å². The van der Waals surface area contributed by atoms with E-state index in [1.807, 2.05) is 12.1 Å². The quantitative estimate of drug-likeness (QED) is 0.653. The molecule has 4 nitrogen and oxygen atoms in total. The molecule has 0 unspecified atom stereocenters. The second-order valence-corrected chi connectivity index (χ2v) is 4.58. The summed E-state index contributed by atoms with van der Waals surface area (Å²) in [7, 11) is 0. The zero-order valence-electron chi connectivity index (χ0n) is 10.4. The predicted octanol–water partition coefficient (Wildman–Crippen LogP) is 2.44. The number of fused-ring (bicyclic) bond motifs is 3. The molecule has 0 aromatic heterocycles. The van der Waals surface area contributed by atoms with E-state index in [0.29, 0.717) is 22.5 Å². The molecular formula is C15H12N2O2. The summed E-state index contributed by atoms with van der Waals surface area (Å²) in [6, 6.07) is 10.7. The van der Waals surface area contributed by atoms with Crippen LogP contribution < -0.4 is 11.1 Å². The van der Waals surface area contributed by atoms with Gasteiger partial charge in [0, 0.05) is 29.4 Å². The lowest BCUT2D eigenvalue weighted by Crippen LogP contribution is -2.06. The predicted molar refractivity (Wildman–Crippen MR) is 74.0 cm³/mol. The van der Waals surface area contributed by atoms with E-state index in [4.69, 9.17) is 5.73 Å². The largest absolute Gasteiger partial charge is 0.399 e. The Morgan fingerprint density at radius 1 is 1.00 bits per heavy atom. The van der Waals surface area contributed by atoms with Crippen molar-refractivity contribution in [2.75, 3.05) is 11.1 Å². The van der Waals surface area contributed by atoms with E-state index in [1.165, 1.54) is 6.92 Å². The van der Waals surface area contributed by atoms with E-state index in [0.717, 1.165) is 11.1 Å². The highest BCUT2D eigenvalue weighted by Gasteiger charge is 2.26. The van der Waals surface area contributed by atoms with Crippen LogP contribution in [0.4, 0.5) is 11.4 Å². The third kappa shape index (κ3) is 1.78. The number of nitrogen functional groups attached to an aromatic ring is 1. The van der Waals surface area contributed by atoms with Crippen LogP contribution in [-0.4, -0.2) is 11.7 Å². The van der Waals surface area contributed by atoms with Gasteiger partial charge >= 0.3 is 0 Å². The molecule has 0 radical (unpaired) electrons. The maximum atomic E-state index is 12.3. The van der Waals surface area contributed by atoms with Crippen LogP contribution in [0.3, 0.4) is 0 Å². The molecule has 4 heteroatoms. The molecule has 94 valence electrons. The van der Waals surface area contributed by atoms with Gasteiger partial charge in [0.15, 0.2) is 5.78 Å². The molecule has 0 fully saturated rings. The fourth-order valence-electron chi connectivity index (χ4n) is 2.38. The van der Waals surface area contributed by atoms with Gasteiger partial charge in [-0.2, -0.15) is 0 Å². The zero-order chi connectivity index (χ0) is 13.6. The number of benzene rings is 2. The molecule has 0 bridgehead atoms. The minimum absolute atomic E-state index is 0.0514. The van der Waals surface area contributed by atoms with Crippen molar-refractivity contribution in [2.45, 2.75) is 6.92 Å². The Morgan fingerprint density at radius 2 is 1.63 bits per heavy atom. The molecule has 19 heavy (non-hydrogen) atoms. The van der Waals surface area contributed by atoms with Crippen LogP contribution in [-0.2, 0) is 4.79 Å². The molecule has 0 aliphatic heterocycles. The lowest BCUT2D eigenvalue weighted by molar-refractivity contribution is -0.114. The molecule has 1 aliphatic carbocycles. The standard InChI is InChI=1S/C15H12N2O2/c1-8(18)17-10-3-5-12-11-4-2-9(16)6-13(11)15(19)14(12)7-10/h2-7H,16H2,1H3,(H,17,18). The van der Waals surface area contributed by atoms with Gasteiger partial charge < -0.3 is 11.1 Å². The molecule has 3 N–H and O–H groups in total. The summed E-state index contributed by atoms with van der Waals surface area (Å²) in [5, 5.41) is 2.68. The van der Waals surface area contributed by atoms with Crippen molar-refractivity contribution in [3.05, 3.63) is 47.5 Å². The SMILES string of the molecule is CC(=O)Nc1ccc2c(c1)C(=O)c1cc(N)ccc1-2. The van der Waals surface area contributed by atoms with Crippen molar-refractivity contribution in [3.8, 4) is 11.1 Å². The van der Waals surface area contributed by atoms with E-state index in [2.05, 4.69) is 5.32 Å². The topological polar surface area (TPSA) is 72.2 Å². The molecular weight excluding hydrogens is 240 g/mol. The Morgan fingerprint density at radius 3 is 2.32 bits per heavy atom. The van der Waals surface area contributed by atoms with Gasteiger partial charge in [-0.15, -0.1) is 0 Å². The van der Waals surface area contributed by atoms with Crippen molar-refractivity contribution in [1.82, 2.24) is 0 Å². The van der Waals surface area contributed by atoms with Gasteiger partial charge in [-0.25, -0.2) is 0 Å². The Bertz CT molecular complexity index is 720. The second-order valence-electron chi connectivity index (χ2n) is 4.58. The van der Waals surface area contributed by atoms with Crippen molar-refractivity contribution in [1.29, 1.82) is 0 Å². The molecule has 2 aromatic carbocycles. The smallest absolute Gasteiger partial charge is 0.221 e. The summed E-state index contributed by atoms with van der Waals surface area (Å²) < 4.78 is 0. The molecule has 2 aromatic rings. The number of hydrogen-bond acceptors (Lipinski definition) is 3. The van der Waals surface area contributed by atoms with Gasteiger partial charge in [0.05, 0.1) is 0 Å². The molecule has 0 spiro atoms. The second kappa shape index (κ2) is 3.95. The number of nitrogens with two attached hydrogens (primary N) is 1. The molecule has 1 aliphatic rings. The van der Waals surface area contributed by atoms with Crippen LogP contribution in [0.5, 0.6) is 0 Å². The first kappa shape index (κ1) is 11.5. The number of anilines is 2. The normalized spacial score (nSPS) is 11.9. The van der Waals surface area contributed by atoms with Crippen molar-refractivity contribution in [3.63, 3.8) is 0 Å². The van der Waals surface area contributed by atoms with Crippen molar-refractivity contribution < 1.29 is 9.59 Å². The number of nitrogens with one attached hydrogen (secondary N) is 1. The summed E-state index contributed by atoms with van der Waals surface area (Å²) in [6.07, 6.45) is 0. The van der Waals surface area contributed by atoms with Crippen LogP contribution in [0.2, 0.25) is 0 Å². The van der Waals surface area contributed by atoms with Gasteiger partial charge in [-0.05, 0) is 35.4 Å². The third-order valence-corrected chi connectivity index (χ3v) is 3.16. The highest BCUT2D eigenvalue weighted by atomic mass is 16.1. The fraction of sp³-hybridized carbons (Fsp3) is 0.0667. The first-order valence-electron chi connectivity index (χ1n) is 5.92. The highest BCUT2D eigenvalue weighted by Crippen LogP contribution is 2.38. The third-order valence-electron chi connectivity index (χ3n) is 3.16. The Balaban J connectivity index is 2.13. The Labute approximate surface area is 110 Å². The van der Waals surface area contributed by atoms with E-state index in [9.17, 15) is 9.59 Å². The molecule has 0 saturated carbocycles. The van der Waals surface area contributed by atoms with Crippen LogP contribution in [0.25, 0.3) is 11.1 Å². The van der Waals surface area contributed by atoms with Gasteiger partial charge in [0.1, 0.15) is 0 Å². The van der Waals surface area contributed by atoms with Gasteiger partial charge in [0.2, 0.25) is 5.91 Å². The van der Waals surface area contributed by atoms with Crippen molar-refractivity contribution in [2.24, 2.45) is 0 Å². The van der Waals surface area contributed by atoms with E-state index < -0.39 is 0 Å². The monoisotopic (exact) mass is 252 g/mol. The average molecular weight is 252 g/mol. The first-order chi connectivity index (χ1) is 9.06. The lowest BCUT2D eigenvalue weighted by Gasteiger charge is -2.04. The Kier molecular flexibility index (Phi) is 2.38. The summed E-state index contributed by atoms with van der Waals surface area (Å²) in [6.45, 7) is 1.44. The van der Waals surface area contributed by atoms with Crippen LogP contribution in [0.1, 0.15) is 22.8 Å². The fourth-order valence-corrected chi connectivity index (χ4v) is 2.38. The van der Waals surface area contributed by atoms with Gasteiger partial charge in [-0.3, -0.25) is 9.59 Å². The molecule has 0 atom stereocenters. The number of carbonyl (C=O) groups is 2. The van der Waals surface area contributed by atoms with Crippen LogP contribution in [0, 0.1) is 0 Å². The van der Waals surface area contributed by atoms with Gasteiger partial charge in [0.25, 0.3) is 0 Å². The Hall–Kier alpha value is -2.62. The van der Waals surface area contributed by atoms with E-state index in [-0.39, 0.29) is 11.7 Å². The first-order valence-corrected chi connectivity index (χ1v) is 5.92. The summed E-state index contributed by atoms with van der Waals surface area (Å²) in [5.74, 6) is -0.211. The zero-order valence-corrected chi connectivity index (χ0v) is 10.4. The minimum atomic E-state index is -0.160. The van der Waals surface area contributed by atoms with Crippen LogP contribution in [0.15, 0.2) is 36.4 Å². The summed E-state index contributed by atoms with van der Waals surface area (Å²) in [5.41, 5.74) is 9.91. The number of ketones is 1. The molecule has 3 rings (SSSR count). The molecule has 0 saturated heterocycles. The summed E-state index contributed by atoms with van der Waals surface area (Å²) in [4.78, 5) is 23.4. The van der Waals surface area contributed by atoms with E-state index in [1.54, 1.807) is 24.3 Å². The summed E-state index contributed by atoms with van der Waals surface area (Å²) >= 11 is 0. The number of hydrogen-bond donors (Lipinski definition) is 2. The van der Waals surface area contributed by atoms with Crippen molar-refractivity contribution >= 4 is 23.1 Å². The highest BCUT2D eigenvalue weighted by molar-refractivity contribution is 6.22.